The van der Waals surface area contributed by atoms with Crippen molar-refractivity contribution in [3.05, 3.63) is 82.5 Å². The van der Waals surface area contributed by atoms with E-state index in [4.69, 9.17) is 4.74 Å². The van der Waals surface area contributed by atoms with Crippen LogP contribution in [0, 0.1) is 13.8 Å². The van der Waals surface area contributed by atoms with Crippen LogP contribution in [0.3, 0.4) is 0 Å². The zero-order chi connectivity index (χ0) is 21.5. The lowest BCUT2D eigenvalue weighted by Gasteiger charge is -2.14. The van der Waals surface area contributed by atoms with E-state index in [0.29, 0.717) is 41.0 Å². The lowest BCUT2D eigenvalue weighted by Crippen LogP contribution is -2.26. The molecular formula is C25H23N3O3. The minimum atomic E-state index is -0.328. The van der Waals surface area contributed by atoms with Gasteiger partial charge in [-0.25, -0.2) is 4.98 Å². The summed E-state index contributed by atoms with van der Waals surface area (Å²) in [5.74, 6) is 1.31. The van der Waals surface area contributed by atoms with E-state index in [-0.39, 0.29) is 11.8 Å². The molecule has 0 bridgehead atoms. The van der Waals surface area contributed by atoms with Crippen LogP contribution in [0.1, 0.15) is 50.2 Å². The Morgan fingerprint density at radius 3 is 2.48 bits per heavy atom. The van der Waals surface area contributed by atoms with Gasteiger partial charge in [-0.1, -0.05) is 23.8 Å². The van der Waals surface area contributed by atoms with E-state index in [1.54, 1.807) is 24.4 Å². The highest BCUT2D eigenvalue weighted by molar-refractivity contribution is 6.07. The summed E-state index contributed by atoms with van der Waals surface area (Å²) in [6, 6.07) is 15.0. The van der Waals surface area contributed by atoms with Crippen LogP contribution < -0.4 is 10.1 Å². The number of ether oxygens (including phenoxy) is 1. The number of carbonyl (C=O) groups is 2. The van der Waals surface area contributed by atoms with E-state index in [0.717, 1.165) is 29.5 Å². The normalized spacial score (nSPS) is 15.0. The molecule has 1 aliphatic carbocycles. The molecule has 6 nitrogen and oxygen atoms in total. The number of aryl methyl sites for hydroxylation is 2. The van der Waals surface area contributed by atoms with Gasteiger partial charge in [0, 0.05) is 28.9 Å². The minimum absolute atomic E-state index is 0.0330. The number of amides is 2. The molecule has 2 amide bonds. The van der Waals surface area contributed by atoms with Crippen LogP contribution in [0.4, 0.5) is 5.82 Å². The number of benzene rings is 2. The maximum absolute atomic E-state index is 13.0. The molecule has 1 N–H and O–H groups in total. The Kier molecular flexibility index (Phi) is 4.70. The minimum Gasteiger partial charge on any atom is -0.457 e. The third-order valence-electron chi connectivity index (χ3n) is 5.68. The summed E-state index contributed by atoms with van der Waals surface area (Å²) >= 11 is 0. The molecule has 156 valence electrons. The van der Waals surface area contributed by atoms with Crippen molar-refractivity contribution < 1.29 is 14.3 Å². The maximum Gasteiger partial charge on any atom is 0.256 e. The molecule has 1 saturated carbocycles. The van der Waals surface area contributed by atoms with Crippen LogP contribution in [0.2, 0.25) is 0 Å². The van der Waals surface area contributed by atoms with E-state index >= 15 is 0 Å². The van der Waals surface area contributed by atoms with Crippen molar-refractivity contribution in [1.29, 1.82) is 0 Å². The molecule has 2 aliphatic rings. The summed E-state index contributed by atoms with van der Waals surface area (Å²) in [5, 5.41) is 2.81. The molecule has 2 heterocycles. The summed E-state index contributed by atoms with van der Waals surface area (Å²) in [6.45, 7) is 4.46. The van der Waals surface area contributed by atoms with E-state index in [1.807, 2.05) is 49.1 Å². The summed E-state index contributed by atoms with van der Waals surface area (Å²) in [6.07, 6.45) is 3.75. The van der Waals surface area contributed by atoms with Gasteiger partial charge in [-0.15, -0.1) is 0 Å². The molecule has 1 fully saturated rings. The number of anilines is 1. The van der Waals surface area contributed by atoms with E-state index in [2.05, 4.69) is 10.3 Å². The SMILES string of the molecule is Cc1ccc(Oc2cc(C(=O)Nc3ccc(C)cn3)cc3c2CN(C2CC2)C3=O)cc1. The predicted octanol–water partition coefficient (Wildman–Crippen LogP) is 4.86. The van der Waals surface area contributed by atoms with Crippen molar-refractivity contribution in [2.24, 2.45) is 0 Å². The van der Waals surface area contributed by atoms with E-state index in [1.165, 1.54) is 0 Å². The Hall–Kier alpha value is -3.67. The predicted molar refractivity (Wildman–Crippen MR) is 118 cm³/mol. The van der Waals surface area contributed by atoms with Crippen molar-refractivity contribution in [2.45, 2.75) is 39.3 Å². The van der Waals surface area contributed by atoms with Crippen LogP contribution in [-0.2, 0) is 6.54 Å². The molecule has 3 aromatic rings. The summed E-state index contributed by atoms with van der Waals surface area (Å²) in [5.41, 5.74) is 3.89. The van der Waals surface area contributed by atoms with Crippen molar-refractivity contribution in [3.8, 4) is 11.5 Å². The van der Waals surface area contributed by atoms with Gasteiger partial charge in [0.1, 0.15) is 17.3 Å². The highest BCUT2D eigenvalue weighted by Crippen LogP contribution is 2.40. The fourth-order valence-electron chi connectivity index (χ4n) is 3.76. The lowest BCUT2D eigenvalue weighted by atomic mass is 10.0. The molecule has 0 atom stereocenters. The molecule has 1 aromatic heterocycles. The fourth-order valence-corrected chi connectivity index (χ4v) is 3.76. The molecule has 0 radical (unpaired) electrons. The third-order valence-corrected chi connectivity index (χ3v) is 5.68. The lowest BCUT2D eigenvalue weighted by molar-refractivity contribution is 0.0766. The standard InChI is InChI=1S/C25H23N3O3/c1-15-3-8-19(9-4-15)31-22-12-17(24(29)27-23-10-5-16(2)13-26-23)11-20-21(22)14-28(25(20)30)18-6-7-18/h3-5,8-13,18H,6-7,14H2,1-2H3,(H,26,27,29). The molecule has 0 saturated heterocycles. The van der Waals surface area contributed by atoms with E-state index in [9.17, 15) is 9.59 Å². The van der Waals surface area contributed by atoms with Crippen molar-refractivity contribution >= 4 is 17.6 Å². The molecular weight excluding hydrogens is 390 g/mol. The van der Waals surface area contributed by atoms with Crippen LogP contribution in [-0.4, -0.2) is 27.7 Å². The van der Waals surface area contributed by atoms with Gasteiger partial charge in [0.15, 0.2) is 0 Å². The van der Waals surface area contributed by atoms with Gasteiger partial charge >= 0.3 is 0 Å². The Bertz CT molecular complexity index is 1170. The average molecular weight is 413 g/mol. The Morgan fingerprint density at radius 1 is 1.06 bits per heavy atom. The zero-order valence-corrected chi connectivity index (χ0v) is 17.5. The van der Waals surface area contributed by atoms with Gasteiger partial charge in [-0.2, -0.15) is 0 Å². The topological polar surface area (TPSA) is 71.5 Å². The largest absolute Gasteiger partial charge is 0.457 e. The number of pyridine rings is 1. The van der Waals surface area contributed by atoms with Gasteiger partial charge in [-0.3, -0.25) is 9.59 Å². The van der Waals surface area contributed by atoms with Crippen LogP contribution in [0.5, 0.6) is 11.5 Å². The van der Waals surface area contributed by atoms with Gasteiger partial charge in [0.2, 0.25) is 0 Å². The number of carbonyl (C=O) groups excluding carboxylic acids is 2. The maximum atomic E-state index is 13.0. The Labute approximate surface area is 180 Å². The molecule has 5 rings (SSSR count). The van der Waals surface area contributed by atoms with Crippen LogP contribution in [0.25, 0.3) is 0 Å². The van der Waals surface area contributed by atoms with Crippen LogP contribution >= 0.6 is 0 Å². The number of hydrogen-bond acceptors (Lipinski definition) is 4. The van der Waals surface area contributed by atoms with Gasteiger partial charge < -0.3 is 15.0 Å². The highest BCUT2D eigenvalue weighted by atomic mass is 16.5. The third kappa shape index (κ3) is 3.89. The van der Waals surface area contributed by atoms with Crippen molar-refractivity contribution in [2.75, 3.05) is 5.32 Å². The van der Waals surface area contributed by atoms with Crippen molar-refractivity contribution in [1.82, 2.24) is 9.88 Å². The van der Waals surface area contributed by atoms with Gasteiger partial charge in [0.25, 0.3) is 11.8 Å². The summed E-state index contributed by atoms with van der Waals surface area (Å²) < 4.78 is 6.16. The smallest absolute Gasteiger partial charge is 0.256 e. The molecule has 0 spiro atoms. The second-order valence-electron chi connectivity index (χ2n) is 8.25. The van der Waals surface area contributed by atoms with Gasteiger partial charge in [0.05, 0.1) is 6.54 Å². The first-order chi connectivity index (χ1) is 15.0. The van der Waals surface area contributed by atoms with Crippen molar-refractivity contribution in [3.63, 3.8) is 0 Å². The number of aromatic nitrogens is 1. The quantitative estimate of drug-likeness (QED) is 0.648. The average Bonchev–Trinajstić information content (AvgIpc) is 3.55. The molecule has 6 heteroatoms. The first kappa shape index (κ1) is 19.3. The Morgan fingerprint density at radius 2 is 1.81 bits per heavy atom. The second kappa shape index (κ2) is 7.54. The zero-order valence-electron chi connectivity index (χ0n) is 17.5. The first-order valence-electron chi connectivity index (χ1n) is 10.4. The molecule has 2 aromatic carbocycles. The van der Waals surface area contributed by atoms with Crippen LogP contribution in [0.15, 0.2) is 54.7 Å². The molecule has 31 heavy (non-hydrogen) atoms. The van der Waals surface area contributed by atoms with E-state index < -0.39 is 0 Å². The summed E-state index contributed by atoms with van der Waals surface area (Å²) in [4.78, 5) is 32.1. The molecule has 0 unspecified atom stereocenters. The number of rotatable bonds is 5. The first-order valence-corrected chi connectivity index (χ1v) is 10.4. The Balaban J connectivity index is 1.50. The number of hydrogen-bond donors (Lipinski definition) is 1. The number of fused-ring (bicyclic) bond motifs is 1. The summed E-state index contributed by atoms with van der Waals surface area (Å²) in [7, 11) is 0. The fraction of sp³-hybridized carbons (Fsp3) is 0.240. The monoisotopic (exact) mass is 413 g/mol. The number of nitrogens with zero attached hydrogens (tertiary/aromatic N) is 2. The second-order valence-corrected chi connectivity index (χ2v) is 8.25. The molecule has 1 aliphatic heterocycles. The van der Waals surface area contributed by atoms with Gasteiger partial charge in [-0.05, 0) is 62.6 Å². The highest BCUT2D eigenvalue weighted by Gasteiger charge is 2.40. The number of nitrogens with one attached hydrogen (secondary N) is 1.